The lowest BCUT2D eigenvalue weighted by Crippen LogP contribution is -2.31. The number of alkyl halides is 1. The molecule has 1 aliphatic rings. The van der Waals surface area contributed by atoms with Gasteiger partial charge in [-0.25, -0.2) is 0 Å². The van der Waals surface area contributed by atoms with Crippen LogP contribution in [0, 0.1) is 0 Å². The van der Waals surface area contributed by atoms with E-state index < -0.39 is 0 Å². The van der Waals surface area contributed by atoms with E-state index in [-0.39, 0.29) is 5.91 Å². The Balaban J connectivity index is 2.14. The van der Waals surface area contributed by atoms with E-state index in [9.17, 15) is 4.79 Å². The zero-order chi connectivity index (χ0) is 9.97. The summed E-state index contributed by atoms with van der Waals surface area (Å²) in [6.07, 6.45) is 2.18. The molecule has 2 nitrogen and oxygen atoms in total. The number of carbonyl (C=O) groups is 1. The molecule has 0 aromatic heterocycles. The number of nitrogens with zero attached hydrogens (tertiary/aromatic N) is 1. The van der Waals surface area contributed by atoms with E-state index in [4.69, 9.17) is 11.6 Å². The number of halogens is 1. The lowest BCUT2D eigenvalue weighted by Gasteiger charge is -2.18. The summed E-state index contributed by atoms with van der Waals surface area (Å²) in [4.78, 5) is 13.6. The Morgan fingerprint density at radius 2 is 2.00 bits per heavy atom. The van der Waals surface area contributed by atoms with E-state index >= 15 is 0 Å². The third kappa shape index (κ3) is 1.90. The smallest absolute Gasteiger partial charge is 0.255 e. The molecule has 0 unspecified atom stereocenters. The molecule has 0 saturated heterocycles. The molecular weight excluding hydrogens is 198 g/mol. The fraction of sp³-hybridized carbons (Fsp3) is 0.364. The van der Waals surface area contributed by atoms with E-state index in [0.29, 0.717) is 12.0 Å². The van der Waals surface area contributed by atoms with Crippen LogP contribution in [0.1, 0.15) is 23.2 Å². The monoisotopic (exact) mass is 209 g/mol. The molecule has 1 fully saturated rings. The van der Waals surface area contributed by atoms with Crippen molar-refractivity contribution in [2.45, 2.75) is 18.9 Å². The second-order valence-electron chi connectivity index (χ2n) is 3.49. The van der Waals surface area contributed by atoms with E-state index in [1.807, 2.05) is 30.3 Å². The summed E-state index contributed by atoms with van der Waals surface area (Å²) in [5.41, 5.74) is 0.722. The highest BCUT2D eigenvalue weighted by Gasteiger charge is 2.32. The lowest BCUT2D eigenvalue weighted by atomic mass is 10.2. The van der Waals surface area contributed by atoms with Crippen LogP contribution < -0.4 is 0 Å². The summed E-state index contributed by atoms with van der Waals surface area (Å²) in [7, 11) is 0. The molecule has 3 heteroatoms. The van der Waals surface area contributed by atoms with Gasteiger partial charge in [0.25, 0.3) is 5.91 Å². The molecule has 0 heterocycles. The maximum Gasteiger partial charge on any atom is 0.255 e. The van der Waals surface area contributed by atoms with E-state index in [2.05, 4.69) is 0 Å². The van der Waals surface area contributed by atoms with Gasteiger partial charge >= 0.3 is 0 Å². The predicted molar refractivity (Wildman–Crippen MR) is 56.4 cm³/mol. The summed E-state index contributed by atoms with van der Waals surface area (Å²) >= 11 is 5.75. The summed E-state index contributed by atoms with van der Waals surface area (Å²) in [5, 5.41) is 0. The summed E-state index contributed by atoms with van der Waals surface area (Å²) in [6, 6.07) is 9.95. The van der Waals surface area contributed by atoms with Crippen LogP contribution in [0.3, 0.4) is 0 Å². The quantitative estimate of drug-likeness (QED) is 0.553. The van der Waals surface area contributed by atoms with Gasteiger partial charge in [-0.3, -0.25) is 4.79 Å². The molecule has 0 N–H and O–H groups in total. The zero-order valence-corrected chi connectivity index (χ0v) is 8.57. The first-order valence-corrected chi connectivity index (χ1v) is 5.28. The first-order valence-electron chi connectivity index (χ1n) is 4.75. The molecule has 0 aliphatic heterocycles. The Hall–Kier alpha value is -1.02. The van der Waals surface area contributed by atoms with Crippen molar-refractivity contribution in [2.75, 3.05) is 6.00 Å². The Morgan fingerprint density at radius 3 is 2.50 bits per heavy atom. The minimum Gasteiger partial charge on any atom is -0.322 e. The van der Waals surface area contributed by atoms with Crippen molar-refractivity contribution in [1.29, 1.82) is 0 Å². The number of benzene rings is 1. The maximum absolute atomic E-state index is 11.9. The van der Waals surface area contributed by atoms with Crippen LogP contribution in [-0.4, -0.2) is 22.9 Å². The highest BCUT2D eigenvalue weighted by molar-refractivity contribution is 6.19. The first-order chi connectivity index (χ1) is 6.83. The van der Waals surface area contributed by atoms with E-state index in [1.54, 1.807) is 4.90 Å². The summed E-state index contributed by atoms with van der Waals surface area (Å²) in [5.74, 6) is 0.0445. The van der Waals surface area contributed by atoms with Gasteiger partial charge in [-0.15, -0.1) is 11.6 Å². The topological polar surface area (TPSA) is 20.3 Å². The van der Waals surface area contributed by atoms with Crippen molar-refractivity contribution < 1.29 is 4.79 Å². The van der Waals surface area contributed by atoms with Crippen LogP contribution in [0.4, 0.5) is 0 Å². The fourth-order valence-corrected chi connectivity index (χ4v) is 1.75. The van der Waals surface area contributed by atoms with E-state index in [0.717, 1.165) is 18.4 Å². The van der Waals surface area contributed by atoms with Crippen molar-refractivity contribution in [1.82, 2.24) is 4.90 Å². The Labute approximate surface area is 88.5 Å². The first kappa shape index (κ1) is 9.53. The Bertz CT molecular complexity index is 321. The molecular formula is C11H12ClNO. The standard InChI is InChI=1S/C11H12ClNO/c12-8-13(10-6-7-10)11(14)9-4-2-1-3-5-9/h1-5,10H,6-8H2. The largest absolute Gasteiger partial charge is 0.322 e. The Kier molecular flexibility index (Phi) is 2.73. The molecule has 1 saturated carbocycles. The van der Waals surface area contributed by atoms with Gasteiger partial charge < -0.3 is 4.90 Å². The maximum atomic E-state index is 11.9. The molecule has 14 heavy (non-hydrogen) atoms. The van der Waals surface area contributed by atoms with Gasteiger partial charge in [0.15, 0.2) is 0 Å². The van der Waals surface area contributed by atoms with Crippen molar-refractivity contribution in [3.63, 3.8) is 0 Å². The number of carbonyl (C=O) groups excluding carboxylic acids is 1. The van der Waals surface area contributed by atoms with Gasteiger partial charge in [0.05, 0.1) is 6.00 Å². The van der Waals surface area contributed by atoms with Gasteiger partial charge in [0.2, 0.25) is 0 Å². The van der Waals surface area contributed by atoms with Crippen LogP contribution >= 0.6 is 11.6 Å². The number of rotatable bonds is 3. The van der Waals surface area contributed by atoms with Gasteiger partial charge in [0.1, 0.15) is 0 Å². The third-order valence-electron chi connectivity index (χ3n) is 2.40. The highest BCUT2D eigenvalue weighted by atomic mass is 35.5. The Morgan fingerprint density at radius 1 is 1.36 bits per heavy atom. The van der Waals surface area contributed by atoms with Crippen molar-refractivity contribution in [2.24, 2.45) is 0 Å². The number of hydrogen-bond acceptors (Lipinski definition) is 1. The van der Waals surface area contributed by atoms with Crippen LogP contribution in [0.2, 0.25) is 0 Å². The van der Waals surface area contributed by atoms with Crippen molar-refractivity contribution in [3.05, 3.63) is 35.9 Å². The van der Waals surface area contributed by atoms with Crippen LogP contribution in [-0.2, 0) is 0 Å². The van der Waals surface area contributed by atoms with Crippen LogP contribution in [0.15, 0.2) is 30.3 Å². The van der Waals surface area contributed by atoms with Gasteiger partial charge in [-0.2, -0.15) is 0 Å². The molecule has 0 radical (unpaired) electrons. The molecule has 1 amide bonds. The average molecular weight is 210 g/mol. The fourth-order valence-electron chi connectivity index (χ4n) is 1.45. The highest BCUT2D eigenvalue weighted by Crippen LogP contribution is 2.28. The average Bonchev–Trinajstić information content (AvgIpc) is 3.04. The van der Waals surface area contributed by atoms with Crippen molar-refractivity contribution in [3.8, 4) is 0 Å². The molecule has 2 rings (SSSR count). The lowest BCUT2D eigenvalue weighted by molar-refractivity contribution is 0.0773. The molecule has 0 bridgehead atoms. The second-order valence-corrected chi connectivity index (χ2v) is 3.73. The molecule has 1 aromatic carbocycles. The van der Waals surface area contributed by atoms with Gasteiger partial charge in [0, 0.05) is 11.6 Å². The number of hydrogen-bond donors (Lipinski definition) is 0. The third-order valence-corrected chi connectivity index (χ3v) is 2.66. The summed E-state index contributed by atoms with van der Waals surface area (Å²) in [6.45, 7) is 0. The second kappa shape index (κ2) is 4.01. The van der Waals surface area contributed by atoms with Crippen molar-refractivity contribution >= 4 is 17.5 Å². The zero-order valence-electron chi connectivity index (χ0n) is 7.82. The SMILES string of the molecule is O=C(c1ccccc1)N(CCl)C1CC1. The molecule has 1 aromatic rings. The normalized spacial score (nSPS) is 15.2. The van der Waals surface area contributed by atoms with Crippen LogP contribution in [0.5, 0.6) is 0 Å². The minimum absolute atomic E-state index is 0.0445. The molecule has 1 aliphatic carbocycles. The van der Waals surface area contributed by atoms with E-state index in [1.165, 1.54) is 0 Å². The van der Waals surface area contributed by atoms with Crippen LogP contribution in [0.25, 0.3) is 0 Å². The predicted octanol–water partition coefficient (Wildman–Crippen LogP) is 2.49. The molecule has 74 valence electrons. The summed E-state index contributed by atoms with van der Waals surface area (Å²) < 4.78 is 0. The van der Waals surface area contributed by atoms with Gasteiger partial charge in [-0.05, 0) is 25.0 Å². The molecule has 0 spiro atoms. The van der Waals surface area contributed by atoms with Gasteiger partial charge in [-0.1, -0.05) is 18.2 Å². The molecule has 0 atom stereocenters. The number of amides is 1. The minimum atomic E-state index is 0.0445.